The zero-order valence-electron chi connectivity index (χ0n) is 21.4. The Balaban J connectivity index is 1.13. The van der Waals surface area contributed by atoms with Gasteiger partial charge in [0.05, 0.1) is 6.61 Å². The highest BCUT2D eigenvalue weighted by Gasteiger charge is 2.28. The number of ether oxygens (including phenoxy) is 3. The lowest BCUT2D eigenvalue weighted by molar-refractivity contribution is 0.144. The zero-order chi connectivity index (χ0) is 26.2. The van der Waals surface area contributed by atoms with Gasteiger partial charge in [0, 0.05) is 12.5 Å². The third kappa shape index (κ3) is 5.89. The van der Waals surface area contributed by atoms with Gasteiger partial charge in [0.2, 0.25) is 0 Å². The van der Waals surface area contributed by atoms with Gasteiger partial charge in [-0.3, -0.25) is 0 Å². The Bertz CT molecular complexity index is 1370. The molecule has 4 aromatic carbocycles. The smallest absolute Gasteiger partial charge is 0.407 e. The minimum Gasteiger partial charge on any atom is -0.490 e. The molecule has 1 N–H and O–H groups in total. The van der Waals surface area contributed by atoms with Crippen LogP contribution in [0, 0.1) is 0 Å². The van der Waals surface area contributed by atoms with E-state index in [-0.39, 0.29) is 5.92 Å². The van der Waals surface area contributed by atoms with Gasteiger partial charge >= 0.3 is 6.09 Å². The van der Waals surface area contributed by atoms with Crippen LogP contribution >= 0.6 is 0 Å². The van der Waals surface area contributed by atoms with E-state index in [0.29, 0.717) is 37.9 Å². The first-order valence-corrected chi connectivity index (χ1v) is 12.9. The van der Waals surface area contributed by atoms with Crippen molar-refractivity contribution >= 4 is 12.2 Å². The quantitative estimate of drug-likeness (QED) is 0.247. The number of carbonyl (C=O) groups is 1. The van der Waals surface area contributed by atoms with Crippen LogP contribution in [-0.2, 0) is 11.3 Å². The number of alkyl carbamates (subject to hydrolysis) is 1. The first-order valence-electron chi connectivity index (χ1n) is 12.9. The van der Waals surface area contributed by atoms with Crippen molar-refractivity contribution in [3.63, 3.8) is 0 Å². The fourth-order valence-corrected chi connectivity index (χ4v) is 4.74. The Morgan fingerprint density at radius 1 is 0.816 bits per heavy atom. The fraction of sp³-hybridized carbons (Fsp3) is 0.182. The van der Waals surface area contributed by atoms with Gasteiger partial charge in [-0.25, -0.2) is 4.79 Å². The van der Waals surface area contributed by atoms with Gasteiger partial charge in [-0.05, 0) is 52.4 Å². The van der Waals surface area contributed by atoms with E-state index in [9.17, 15) is 4.79 Å². The molecule has 0 fully saturated rings. The van der Waals surface area contributed by atoms with Crippen molar-refractivity contribution in [2.24, 2.45) is 0 Å². The average molecular weight is 506 g/mol. The van der Waals surface area contributed by atoms with Crippen molar-refractivity contribution in [3.8, 4) is 22.6 Å². The number of rotatable bonds is 10. The summed E-state index contributed by atoms with van der Waals surface area (Å²) in [5, 5.41) is 2.81. The van der Waals surface area contributed by atoms with Gasteiger partial charge < -0.3 is 19.5 Å². The van der Waals surface area contributed by atoms with Gasteiger partial charge in [0.25, 0.3) is 0 Å². The second kappa shape index (κ2) is 12.2. The highest BCUT2D eigenvalue weighted by molar-refractivity contribution is 5.79. The maximum atomic E-state index is 12.4. The number of amides is 1. The van der Waals surface area contributed by atoms with E-state index in [4.69, 9.17) is 14.2 Å². The molecule has 0 unspecified atom stereocenters. The summed E-state index contributed by atoms with van der Waals surface area (Å²) in [5.41, 5.74) is 6.87. The summed E-state index contributed by atoms with van der Waals surface area (Å²) >= 11 is 0. The maximum Gasteiger partial charge on any atom is 0.407 e. The van der Waals surface area contributed by atoms with Crippen LogP contribution in [0.25, 0.3) is 17.2 Å². The summed E-state index contributed by atoms with van der Waals surface area (Å²) in [6, 6.07) is 32.4. The summed E-state index contributed by atoms with van der Waals surface area (Å²) in [6.45, 7) is 3.61. The second-order valence-corrected chi connectivity index (χ2v) is 9.02. The Labute approximate surface area is 223 Å². The van der Waals surface area contributed by atoms with E-state index in [1.807, 2.05) is 91.9 Å². The highest BCUT2D eigenvalue weighted by Crippen LogP contribution is 2.44. The molecule has 0 atom stereocenters. The number of nitrogens with one attached hydrogen (secondary N) is 1. The standard InChI is InChI=1S/C33H31NO4/c1-2-36-32-21-24(18-19-31(32)37-22-25-11-4-3-5-12-25)13-10-20-34-33(35)38-23-30-28-16-8-6-14-26(28)27-15-7-9-17-29(27)30/h3-19,21,30H,2,20,22-23H2,1H3,(H,34,35). The molecule has 5 heteroatoms. The molecule has 0 heterocycles. The van der Waals surface area contributed by atoms with Gasteiger partial charge in [-0.15, -0.1) is 0 Å². The molecule has 1 amide bonds. The Morgan fingerprint density at radius 3 is 2.21 bits per heavy atom. The Hall–Kier alpha value is -4.51. The normalized spacial score (nSPS) is 12.1. The summed E-state index contributed by atoms with van der Waals surface area (Å²) < 4.78 is 17.4. The molecule has 1 aliphatic carbocycles. The molecule has 0 aromatic heterocycles. The Morgan fingerprint density at radius 2 is 1.50 bits per heavy atom. The molecule has 5 rings (SSSR count). The molecule has 0 bridgehead atoms. The molecule has 4 aromatic rings. The van der Waals surface area contributed by atoms with Crippen molar-refractivity contribution in [1.82, 2.24) is 5.32 Å². The summed E-state index contributed by atoms with van der Waals surface area (Å²) in [6.07, 6.45) is 3.39. The van der Waals surface area contributed by atoms with E-state index >= 15 is 0 Å². The van der Waals surface area contributed by atoms with E-state index in [1.54, 1.807) is 0 Å². The van der Waals surface area contributed by atoms with Crippen LogP contribution in [0.1, 0.15) is 35.1 Å². The van der Waals surface area contributed by atoms with E-state index in [0.717, 1.165) is 11.1 Å². The Kier molecular flexibility index (Phi) is 8.04. The third-order valence-corrected chi connectivity index (χ3v) is 6.52. The maximum absolute atomic E-state index is 12.4. The van der Waals surface area contributed by atoms with Crippen molar-refractivity contribution in [2.45, 2.75) is 19.4 Å². The van der Waals surface area contributed by atoms with E-state index < -0.39 is 6.09 Å². The molecular formula is C33H31NO4. The van der Waals surface area contributed by atoms with Crippen molar-refractivity contribution in [1.29, 1.82) is 0 Å². The lowest BCUT2D eigenvalue weighted by Gasteiger charge is -2.14. The molecule has 5 nitrogen and oxygen atoms in total. The number of hydrogen-bond acceptors (Lipinski definition) is 4. The molecule has 192 valence electrons. The first-order chi connectivity index (χ1) is 18.7. The van der Waals surface area contributed by atoms with Crippen molar-refractivity contribution < 1.29 is 19.0 Å². The molecule has 0 spiro atoms. The lowest BCUT2D eigenvalue weighted by Crippen LogP contribution is -2.26. The van der Waals surface area contributed by atoms with Crippen LogP contribution in [0.3, 0.4) is 0 Å². The summed E-state index contributed by atoms with van der Waals surface area (Å²) in [5.74, 6) is 1.43. The zero-order valence-corrected chi connectivity index (χ0v) is 21.4. The minimum atomic E-state index is -0.434. The molecule has 0 saturated carbocycles. The van der Waals surface area contributed by atoms with Gasteiger partial charge in [0.1, 0.15) is 13.2 Å². The fourth-order valence-electron chi connectivity index (χ4n) is 4.74. The van der Waals surface area contributed by atoms with Gasteiger partial charge in [0.15, 0.2) is 11.5 Å². The average Bonchev–Trinajstić information content (AvgIpc) is 3.28. The lowest BCUT2D eigenvalue weighted by atomic mass is 9.98. The van der Waals surface area contributed by atoms with Crippen LogP contribution in [0.5, 0.6) is 11.5 Å². The SMILES string of the molecule is CCOc1cc(C=CCNC(=O)OCC2c3ccccc3-c3ccccc32)ccc1OCc1ccccc1. The van der Waals surface area contributed by atoms with Gasteiger partial charge in [-0.1, -0.05) is 97.1 Å². The number of hydrogen-bond donors (Lipinski definition) is 1. The first kappa shape index (κ1) is 25.2. The van der Waals surface area contributed by atoms with E-state index in [1.165, 1.54) is 22.3 Å². The number of benzene rings is 4. The second-order valence-electron chi connectivity index (χ2n) is 9.02. The molecular weight excluding hydrogens is 474 g/mol. The van der Waals surface area contributed by atoms with Crippen LogP contribution in [0.2, 0.25) is 0 Å². The number of carbonyl (C=O) groups excluding carboxylic acids is 1. The van der Waals surface area contributed by atoms with Crippen LogP contribution < -0.4 is 14.8 Å². The minimum absolute atomic E-state index is 0.0447. The highest BCUT2D eigenvalue weighted by atomic mass is 16.5. The van der Waals surface area contributed by atoms with Crippen LogP contribution in [0.15, 0.2) is 103 Å². The monoisotopic (exact) mass is 505 g/mol. The van der Waals surface area contributed by atoms with E-state index in [2.05, 4.69) is 29.6 Å². The molecule has 0 saturated heterocycles. The third-order valence-electron chi connectivity index (χ3n) is 6.52. The van der Waals surface area contributed by atoms with Crippen LogP contribution in [0.4, 0.5) is 4.79 Å². The number of fused-ring (bicyclic) bond motifs is 3. The molecule has 1 aliphatic rings. The van der Waals surface area contributed by atoms with Crippen molar-refractivity contribution in [2.75, 3.05) is 19.8 Å². The molecule has 0 radical (unpaired) electrons. The topological polar surface area (TPSA) is 56.8 Å². The molecule has 38 heavy (non-hydrogen) atoms. The molecule has 0 aliphatic heterocycles. The predicted molar refractivity (Wildman–Crippen MR) is 150 cm³/mol. The van der Waals surface area contributed by atoms with Gasteiger partial charge in [-0.2, -0.15) is 0 Å². The summed E-state index contributed by atoms with van der Waals surface area (Å²) in [4.78, 5) is 12.4. The largest absolute Gasteiger partial charge is 0.490 e. The van der Waals surface area contributed by atoms with Crippen LogP contribution in [-0.4, -0.2) is 25.9 Å². The van der Waals surface area contributed by atoms with Crippen molar-refractivity contribution in [3.05, 3.63) is 125 Å². The predicted octanol–water partition coefficient (Wildman–Crippen LogP) is 7.22. The summed E-state index contributed by atoms with van der Waals surface area (Å²) in [7, 11) is 0.